The topological polar surface area (TPSA) is 96.2 Å². The van der Waals surface area contributed by atoms with Crippen LogP contribution in [0, 0.1) is 6.92 Å². The monoisotopic (exact) mass is 238 g/mol. The van der Waals surface area contributed by atoms with E-state index in [-0.39, 0.29) is 11.9 Å². The van der Waals surface area contributed by atoms with E-state index in [0.717, 1.165) is 5.56 Å². The Kier molecular flexibility index (Phi) is 4.22. The van der Waals surface area contributed by atoms with Crippen LogP contribution < -0.4 is 16.6 Å². The summed E-state index contributed by atoms with van der Waals surface area (Å²) in [5, 5.41) is 3.03. The fraction of sp³-hybridized carbons (Fsp3) is 0.500. The molecule has 1 amide bonds. The van der Waals surface area contributed by atoms with Crippen molar-refractivity contribution in [1.29, 1.82) is 0 Å². The van der Waals surface area contributed by atoms with Crippen LogP contribution >= 0.6 is 0 Å². The van der Waals surface area contributed by atoms with Gasteiger partial charge in [-0.25, -0.2) is 15.8 Å². The molecule has 0 spiro atoms. The summed E-state index contributed by atoms with van der Waals surface area (Å²) in [5.74, 6) is 6.42. The van der Waals surface area contributed by atoms with Gasteiger partial charge in [-0.3, -0.25) is 4.79 Å². The van der Waals surface area contributed by atoms with Crippen LogP contribution in [-0.2, 0) is 4.79 Å². The van der Waals surface area contributed by atoms with Gasteiger partial charge in [0.05, 0.1) is 0 Å². The SMILES string of the molecule is Cc1c(NN)ncnc1NC(C)C(=O)N(C)C. The summed E-state index contributed by atoms with van der Waals surface area (Å²) >= 11 is 0. The van der Waals surface area contributed by atoms with Crippen molar-refractivity contribution in [2.45, 2.75) is 19.9 Å². The number of rotatable bonds is 4. The zero-order valence-corrected chi connectivity index (χ0v) is 10.5. The highest BCUT2D eigenvalue weighted by molar-refractivity contribution is 5.83. The van der Waals surface area contributed by atoms with Crippen molar-refractivity contribution in [3.63, 3.8) is 0 Å². The number of likely N-dealkylation sites (N-methyl/N-ethyl adjacent to an activating group) is 1. The third-order valence-corrected chi connectivity index (χ3v) is 2.39. The summed E-state index contributed by atoms with van der Waals surface area (Å²) in [6.07, 6.45) is 1.39. The number of nitrogens with one attached hydrogen (secondary N) is 2. The molecule has 4 N–H and O–H groups in total. The van der Waals surface area contributed by atoms with Crippen molar-refractivity contribution in [2.75, 3.05) is 24.8 Å². The lowest BCUT2D eigenvalue weighted by Gasteiger charge is -2.19. The van der Waals surface area contributed by atoms with Crippen LogP contribution in [0.2, 0.25) is 0 Å². The van der Waals surface area contributed by atoms with E-state index < -0.39 is 0 Å². The van der Waals surface area contributed by atoms with Gasteiger partial charge in [0.25, 0.3) is 0 Å². The van der Waals surface area contributed by atoms with Crippen molar-refractivity contribution in [3.05, 3.63) is 11.9 Å². The highest BCUT2D eigenvalue weighted by Crippen LogP contribution is 2.17. The highest BCUT2D eigenvalue weighted by Gasteiger charge is 2.16. The first-order chi connectivity index (χ1) is 7.97. The number of nitrogen functional groups attached to an aromatic ring is 1. The minimum absolute atomic E-state index is 0.0229. The van der Waals surface area contributed by atoms with Gasteiger partial charge in [-0.2, -0.15) is 0 Å². The second-order valence-corrected chi connectivity index (χ2v) is 3.94. The van der Waals surface area contributed by atoms with Gasteiger partial charge in [0.2, 0.25) is 5.91 Å². The first-order valence-electron chi connectivity index (χ1n) is 5.23. The second-order valence-electron chi connectivity index (χ2n) is 3.94. The molecule has 1 aromatic rings. The van der Waals surface area contributed by atoms with Crippen LogP contribution in [0.3, 0.4) is 0 Å². The van der Waals surface area contributed by atoms with Crippen molar-refractivity contribution in [1.82, 2.24) is 14.9 Å². The molecular formula is C10H18N6O. The quantitative estimate of drug-likeness (QED) is 0.503. The van der Waals surface area contributed by atoms with Gasteiger partial charge in [-0.15, -0.1) is 0 Å². The van der Waals surface area contributed by atoms with Gasteiger partial charge in [-0.1, -0.05) is 0 Å². The Morgan fingerprint density at radius 2 is 2.00 bits per heavy atom. The number of nitrogens with zero attached hydrogens (tertiary/aromatic N) is 3. The maximum absolute atomic E-state index is 11.7. The summed E-state index contributed by atoms with van der Waals surface area (Å²) in [5.41, 5.74) is 3.25. The Balaban J connectivity index is 2.85. The molecule has 0 aromatic carbocycles. The number of carbonyl (C=O) groups excluding carboxylic acids is 1. The van der Waals surface area contributed by atoms with Crippen molar-refractivity contribution in [2.24, 2.45) is 5.84 Å². The van der Waals surface area contributed by atoms with E-state index in [4.69, 9.17) is 5.84 Å². The lowest BCUT2D eigenvalue weighted by Crippen LogP contribution is -2.37. The molecule has 1 heterocycles. The zero-order chi connectivity index (χ0) is 13.0. The molecule has 0 radical (unpaired) electrons. The Labute approximate surface area is 100 Å². The van der Waals surface area contributed by atoms with Crippen LogP contribution in [0.4, 0.5) is 11.6 Å². The first kappa shape index (κ1) is 13.2. The molecule has 0 saturated heterocycles. The zero-order valence-electron chi connectivity index (χ0n) is 10.5. The predicted octanol–water partition coefficient (Wildman–Crippen LogP) is -0.0408. The van der Waals surface area contributed by atoms with E-state index >= 15 is 0 Å². The highest BCUT2D eigenvalue weighted by atomic mass is 16.2. The van der Waals surface area contributed by atoms with Crippen LogP contribution in [-0.4, -0.2) is 40.9 Å². The summed E-state index contributed by atoms with van der Waals surface area (Å²) in [7, 11) is 3.42. The van der Waals surface area contributed by atoms with E-state index in [1.807, 2.05) is 6.92 Å². The molecule has 1 atom stereocenters. The Morgan fingerprint density at radius 1 is 1.41 bits per heavy atom. The van der Waals surface area contributed by atoms with Crippen LogP contribution in [0.5, 0.6) is 0 Å². The predicted molar refractivity (Wildman–Crippen MR) is 66.4 cm³/mol. The number of nitrogens with two attached hydrogens (primary N) is 1. The Morgan fingerprint density at radius 3 is 2.53 bits per heavy atom. The molecule has 0 aliphatic rings. The van der Waals surface area contributed by atoms with Crippen molar-refractivity contribution < 1.29 is 4.79 Å². The van der Waals surface area contributed by atoms with E-state index in [2.05, 4.69) is 20.7 Å². The lowest BCUT2D eigenvalue weighted by atomic mass is 10.2. The summed E-state index contributed by atoms with van der Waals surface area (Å²) in [6, 6.07) is -0.357. The van der Waals surface area contributed by atoms with E-state index in [1.165, 1.54) is 11.2 Å². The molecule has 0 bridgehead atoms. The smallest absolute Gasteiger partial charge is 0.244 e. The molecule has 7 nitrogen and oxygen atoms in total. The number of aromatic nitrogens is 2. The third-order valence-electron chi connectivity index (χ3n) is 2.39. The van der Waals surface area contributed by atoms with Crippen molar-refractivity contribution >= 4 is 17.5 Å². The number of hydrogen-bond acceptors (Lipinski definition) is 6. The van der Waals surface area contributed by atoms with Crippen LogP contribution in [0.25, 0.3) is 0 Å². The maximum atomic E-state index is 11.7. The molecule has 94 valence electrons. The minimum atomic E-state index is -0.357. The molecule has 0 aliphatic carbocycles. The van der Waals surface area contributed by atoms with E-state index in [0.29, 0.717) is 11.6 Å². The van der Waals surface area contributed by atoms with Gasteiger partial charge in [0.1, 0.15) is 24.0 Å². The molecule has 1 rings (SSSR count). The fourth-order valence-electron chi connectivity index (χ4n) is 1.40. The molecule has 17 heavy (non-hydrogen) atoms. The average molecular weight is 238 g/mol. The Hall–Kier alpha value is -1.89. The third kappa shape index (κ3) is 3.04. The minimum Gasteiger partial charge on any atom is -0.358 e. The van der Waals surface area contributed by atoms with Gasteiger partial charge in [0, 0.05) is 19.7 Å². The molecule has 0 saturated carbocycles. The largest absolute Gasteiger partial charge is 0.358 e. The molecule has 0 aliphatic heterocycles. The molecule has 1 aromatic heterocycles. The Bertz CT molecular complexity index is 406. The lowest BCUT2D eigenvalue weighted by molar-refractivity contribution is -0.129. The number of carbonyl (C=O) groups is 1. The first-order valence-corrected chi connectivity index (χ1v) is 5.23. The van der Waals surface area contributed by atoms with Crippen LogP contribution in [0.1, 0.15) is 12.5 Å². The standard InChI is InChI=1S/C10H18N6O/c1-6-8(12-5-13-9(6)15-11)14-7(2)10(17)16(3)4/h5,7H,11H2,1-4H3,(H2,12,13,14,15). The van der Waals surface area contributed by atoms with Crippen molar-refractivity contribution in [3.8, 4) is 0 Å². The van der Waals surface area contributed by atoms with E-state index in [9.17, 15) is 4.79 Å². The number of hydrogen-bond donors (Lipinski definition) is 3. The summed E-state index contributed by atoms with van der Waals surface area (Å²) in [4.78, 5) is 21.3. The number of anilines is 2. The van der Waals surface area contributed by atoms with Crippen LogP contribution in [0.15, 0.2) is 6.33 Å². The van der Waals surface area contributed by atoms with Gasteiger partial charge >= 0.3 is 0 Å². The fourth-order valence-corrected chi connectivity index (χ4v) is 1.40. The van der Waals surface area contributed by atoms with E-state index in [1.54, 1.807) is 21.0 Å². The molecular weight excluding hydrogens is 220 g/mol. The van der Waals surface area contributed by atoms with Gasteiger partial charge in [0.15, 0.2) is 0 Å². The summed E-state index contributed by atoms with van der Waals surface area (Å²) < 4.78 is 0. The number of amides is 1. The van der Waals surface area contributed by atoms with Gasteiger partial charge in [-0.05, 0) is 13.8 Å². The average Bonchev–Trinajstić information content (AvgIpc) is 2.30. The molecule has 7 heteroatoms. The second kappa shape index (κ2) is 5.44. The maximum Gasteiger partial charge on any atom is 0.244 e. The van der Waals surface area contributed by atoms with Gasteiger partial charge < -0.3 is 15.6 Å². The number of hydrazine groups is 1. The molecule has 1 unspecified atom stereocenters. The normalized spacial score (nSPS) is 11.8. The summed E-state index contributed by atoms with van der Waals surface area (Å²) in [6.45, 7) is 3.60. The molecule has 0 fully saturated rings.